The van der Waals surface area contributed by atoms with Crippen LogP contribution < -0.4 is 10.6 Å². The summed E-state index contributed by atoms with van der Waals surface area (Å²) >= 11 is 0. The SMILES string of the molecule is CC1CN(Cc2ccccc2NC(=O)NCC2(N3CCOCC3)CCCCC2)CC(C)O1. The first kappa shape index (κ1) is 23.5. The fourth-order valence-corrected chi connectivity index (χ4v) is 5.70. The molecule has 178 valence electrons. The molecule has 2 heterocycles. The summed E-state index contributed by atoms with van der Waals surface area (Å²) in [7, 11) is 0. The molecule has 2 saturated heterocycles. The Hall–Kier alpha value is -1.67. The number of amides is 2. The maximum Gasteiger partial charge on any atom is 0.319 e. The number of anilines is 1. The molecule has 0 radical (unpaired) electrons. The molecule has 0 spiro atoms. The smallest absolute Gasteiger partial charge is 0.319 e. The summed E-state index contributed by atoms with van der Waals surface area (Å²) in [4.78, 5) is 17.9. The Morgan fingerprint density at radius 1 is 1.06 bits per heavy atom. The summed E-state index contributed by atoms with van der Waals surface area (Å²) < 4.78 is 11.4. The highest BCUT2D eigenvalue weighted by atomic mass is 16.5. The molecule has 1 aromatic carbocycles. The summed E-state index contributed by atoms with van der Waals surface area (Å²) in [5, 5.41) is 6.35. The molecular weight excluding hydrogens is 404 g/mol. The number of para-hydroxylation sites is 1. The van der Waals surface area contributed by atoms with Crippen LogP contribution >= 0.6 is 0 Å². The predicted octanol–water partition coefficient (Wildman–Crippen LogP) is 3.45. The van der Waals surface area contributed by atoms with Gasteiger partial charge in [0.05, 0.1) is 25.4 Å². The molecule has 3 aliphatic rings. The molecule has 2 atom stereocenters. The van der Waals surface area contributed by atoms with Crippen LogP contribution in [0.3, 0.4) is 0 Å². The highest BCUT2D eigenvalue weighted by Gasteiger charge is 2.38. The number of hydrogen-bond donors (Lipinski definition) is 2. The number of rotatable bonds is 6. The zero-order valence-corrected chi connectivity index (χ0v) is 19.8. The van der Waals surface area contributed by atoms with E-state index >= 15 is 0 Å². The number of nitrogens with zero attached hydrogens (tertiary/aromatic N) is 2. The van der Waals surface area contributed by atoms with Crippen molar-refractivity contribution in [3.8, 4) is 0 Å². The summed E-state index contributed by atoms with van der Waals surface area (Å²) in [5.41, 5.74) is 2.10. The van der Waals surface area contributed by atoms with Crippen molar-refractivity contribution in [2.45, 2.75) is 70.2 Å². The Morgan fingerprint density at radius 3 is 2.47 bits per heavy atom. The van der Waals surface area contributed by atoms with Gasteiger partial charge in [-0.3, -0.25) is 9.80 Å². The van der Waals surface area contributed by atoms with E-state index in [-0.39, 0.29) is 23.8 Å². The first-order valence-electron chi connectivity index (χ1n) is 12.4. The molecule has 0 bridgehead atoms. The Labute approximate surface area is 192 Å². The Bertz CT molecular complexity index is 736. The van der Waals surface area contributed by atoms with Crippen molar-refractivity contribution in [3.63, 3.8) is 0 Å². The van der Waals surface area contributed by atoms with Gasteiger partial charge in [0.15, 0.2) is 0 Å². The van der Waals surface area contributed by atoms with Gasteiger partial charge in [-0.1, -0.05) is 37.5 Å². The van der Waals surface area contributed by atoms with Crippen LogP contribution in [0.15, 0.2) is 24.3 Å². The van der Waals surface area contributed by atoms with Crippen molar-refractivity contribution in [1.82, 2.24) is 15.1 Å². The molecule has 2 N–H and O–H groups in total. The molecule has 4 rings (SSSR count). The van der Waals surface area contributed by atoms with Crippen molar-refractivity contribution in [3.05, 3.63) is 29.8 Å². The molecule has 32 heavy (non-hydrogen) atoms. The first-order valence-corrected chi connectivity index (χ1v) is 12.4. The Balaban J connectivity index is 1.36. The van der Waals surface area contributed by atoms with Crippen molar-refractivity contribution in [2.24, 2.45) is 0 Å². The third kappa shape index (κ3) is 6.01. The normalized spacial score (nSPS) is 27.1. The minimum atomic E-state index is -0.112. The highest BCUT2D eigenvalue weighted by Crippen LogP contribution is 2.34. The van der Waals surface area contributed by atoms with Gasteiger partial charge in [0, 0.05) is 50.5 Å². The van der Waals surface area contributed by atoms with Crippen molar-refractivity contribution in [1.29, 1.82) is 0 Å². The molecule has 1 aromatic rings. The largest absolute Gasteiger partial charge is 0.379 e. The van der Waals surface area contributed by atoms with Gasteiger partial charge in [-0.05, 0) is 38.3 Å². The van der Waals surface area contributed by atoms with Gasteiger partial charge in [-0.2, -0.15) is 0 Å². The number of ether oxygens (including phenoxy) is 2. The molecule has 7 heteroatoms. The number of carbonyl (C=O) groups excluding carboxylic acids is 1. The number of morpholine rings is 2. The first-order chi connectivity index (χ1) is 15.5. The zero-order valence-electron chi connectivity index (χ0n) is 19.8. The number of carbonyl (C=O) groups is 1. The topological polar surface area (TPSA) is 66.1 Å². The van der Waals surface area contributed by atoms with Crippen LogP contribution in [0.25, 0.3) is 0 Å². The highest BCUT2D eigenvalue weighted by molar-refractivity contribution is 5.90. The second-order valence-electron chi connectivity index (χ2n) is 9.80. The van der Waals surface area contributed by atoms with Crippen LogP contribution in [0.5, 0.6) is 0 Å². The standard InChI is InChI=1S/C25H40N4O3/c1-20-16-28(17-21(2)32-20)18-22-8-4-5-9-23(22)27-24(30)26-19-25(10-6-3-7-11-25)29-12-14-31-15-13-29/h4-5,8-9,20-21H,3,6-7,10-19H2,1-2H3,(H2,26,27,30). The van der Waals surface area contributed by atoms with Crippen molar-refractivity contribution in [2.75, 3.05) is 51.3 Å². The molecule has 1 saturated carbocycles. The number of hydrogen-bond acceptors (Lipinski definition) is 5. The predicted molar refractivity (Wildman–Crippen MR) is 127 cm³/mol. The lowest BCUT2D eigenvalue weighted by Gasteiger charge is -2.48. The van der Waals surface area contributed by atoms with E-state index in [0.29, 0.717) is 6.54 Å². The molecule has 7 nitrogen and oxygen atoms in total. The van der Waals surface area contributed by atoms with Gasteiger partial charge >= 0.3 is 6.03 Å². The van der Waals surface area contributed by atoms with Crippen molar-refractivity contribution >= 4 is 11.7 Å². The van der Waals surface area contributed by atoms with E-state index in [1.807, 2.05) is 18.2 Å². The lowest BCUT2D eigenvalue weighted by molar-refractivity contribution is -0.0704. The molecule has 0 aromatic heterocycles. The second-order valence-corrected chi connectivity index (χ2v) is 9.80. The zero-order chi connectivity index (χ0) is 22.4. The minimum absolute atomic E-state index is 0.0684. The van der Waals surface area contributed by atoms with Gasteiger partial charge in [-0.25, -0.2) is 4.79 Å². The Morgan fingerprint density at radius 2 is 1.75 bits per heavy atom. The van der Waals surface area contributed by atoms with Crippen LogP contribution in [-0.2, 0) is 16.0 Å². The maximum absolute atomic E-state index is 12.9. The number of urea groups is 1. The van der Waals surface area contributed by atoms with Gasteiger partial charge < -0.3 is 20.1 Å². The summed E-state index contributed by atoms with van der Waals surface area (Å²) in [6.07, 6.45) is 6.53. The number of benzene rings is 1. The summed E-state index contributed by atoms with van der Waals surface area (Å²) in [5.74, 6) is 0. The summed E-state index contributed by atoms with van der Waals surface area (Å²) in [6.45, 7) is 11.1. The minimum Gasteiger partial charge on any atom is -0.379 e. The van der Waals surface area contributed by atoms with Crippen LogP contribution in [0.4, 0.5) is 10.5 Å². The van der Waals surface area contributed by atoms with E-state index in [2.05, 4.69) is 40.3 Å². The molecular formula is C25H40N4O3. The van der Waals surface area contributed by atoms with Gasteiger partial charge in [0.1, 0.15) is 0 Å². The molecule has 2 aliphatic heterocycles. The quantitative estimate of drug-likeness (QED) is 0.704. The fraction of sp³-hybridized carbons (Fsp3) is 0.720. The summed E-state index contributed by atoms with van der Waals surface area (Å²) in [6, 6.07) is 8.03. The van der Waals surface area contributed by atoms with Crippen LogP contribution in [0.1, 0.15) is 51.5 Å². The third-order valence-corrected chi connectivity index (χ3v) is 7.20. The lowest BCUT2D eigenvalue weighted by Crippen LogP contribution is -2.60. The lowest BCUT2D eigenvalue weighted by atomic mass is 9.80. The van der Waals surface area contributed by atoms with E-state index in [1.165, 1.54) is 19.3 Å². The fourth-order valence-electron chi connectivity index (χ4n) is 5.70. The van der Waals surface area contributed by atoms with Gasteiger partial charge in [-0.15, -0.1) is 0 Å². The average Bonchev–Trinajstić information content (AvgIpc) is 2.80. The average molecular weight is 445 g/mol. The third-order valence-electron chi connectivity index (χ3n) is 7.20. The van der Waals surface area contributed by atoms with Gasteiger partial charge in [0.25, 0.3) is 0 Å². The van der Waals surface area contributed by atoms with Crippen LogP contribution in [0.2, 0.25) is 0 Å². The maximum atomic E-state index is 12.9. The van der Waals surface area contributed by atoms with Gasteiger partial charge in [0.2, 0.25) is 0 Å². The van der Waals surface area contributed by atoms with Crippen LogP contribution in [0, 0.1) is 0 Å². The van der Waals surface area contributed by atoms with E-state index in [0.717, 1.165) is 70.0 Å². The molecule has 2 unspecified atom stereocenters. The second kappa shape index (κ2) is 11.0. The van der Waals surface area contributed by atoms with E-state index < -0.39 is 0 Å². The number of nitrogens with one attached hydrogen (secondary N) is 2. The van der Waals surface area contributed by atoms with E-state index in [4.69, 9.17) is 9.47 Å². The van der Waals surface area contributed by atoms with Crippen molar-refractivity contribution < 1.29 is 14.3 Å². The van der Waals surface area contributed by atoms with E-state index in [1.54, 1.807) is 0 Å². The molecule has 2 amide bonds. The molecule has 1 aliphatic carbocycles. The van der Waals surface area contributed by atoms with E-state index in [9.17, 15) is 4.79 Å². The Kier molecular flexibility index (Phi) is 8.05. The monoisotopic (exact) mass is 444 g/mol. The molecule has 3 fully saturated rings. The van der Waals surface area contributed by atoms with Crippen LogP contribution in [-0.4, -0.2) is 79.5 Å².